The molecular weight excluding hydrogens is 300 g/mol. The van der Waals surface area contributed by atoms with Crippen LogP contribution in [0.3, 0.4) is 0 Å². The molecule has 1 atom stereocenters. The number of benzene rings is 1. The largest absolute Gasteiger partial charge is 0.465 e. The highest BCUT2D eigenvalue weighted by molar-refractivity contribution is 6.21. The van der Waals surface area contributed by atoms with Crippen LogP contribution in [0.2, 0.25) is 0 Å². The number of nitrogens with zero attached hydrogens (tertiary/aromatic N) is 1. The molecule has 0 aromatic heterocycles. The summed E-state index contributed by atoms with van der Waals surface area (Å²) in [5, 5.41) is 0. The summed E-state index contributed by atoms with van der Waals surface area (Å²) in [5.74, 6) is -0.839. The Morgan fingerprint density at radius 1 is 1.22 bits per heavy atom. The SMILES string of the molecule is COC(=O)c1ccc(N2C(=O)C[C@@H]([NH+]3CCOCC3)C2=O)cc1. The van der Waals surface area contributed by atoms with Crippen molar-refractivity contribution < 1.29 is 28.8 Å². The summed E-state index contributed by atoms with van der Waals surface area (Å²) in [7, 11) is 1.31. The van der Waals surface area contributed by atoms with Gasteiger partial charge in [0.15, 0.2) is 6.04 Å². The first-order valence-corrected chi connectivity index (χ1v) is 7.59. The number of morpholine rings is 1. The Kier molecular flexibility index (Phi) is 4.40. The molecule has 0 bridgehead atoms. The van der Waals surface area contributed by atoms with Crippen molar-refractivity contribution >= 4 is 23.5 Å². The first-order chi connectivity index (χ1) is 11.1. The molecule has 0 unspecified atom stereocenters. The van der Waals surface area contributed by atoms with Gasteiger partial charge >= 0.3 is 5.97 Å². The average Bonchev–Trinajstić information content (AvgIpc) is 2.89. The van der Waals surface area contributed by atoms with Crippen molar-refractivity contribution in [1.82, 2.24) is 0 Å². The summed E-state index contributed by atoms with van der Waals surface area (Å²) in [5.41, 5.74) is 0.869. The number of amides is 2. The molecule has 3 rings (SSSR count). The molecular formula is C16H19N2O5+. The number of carbonyl (C=O) groups excluding carboxylic acids is 3. The van der Waals surface area contributed by atoms with Crippen LogP contribution in [0, 0.1) is 0 Å². The molecule has 2 fully saturated rings. The van der Waals surface area contributed by atoms with Gasteiger partial charge in [-0.15, -0.1) is 0 Å². The van der Waals surface area contributed by atoms with Gasteiger partial charge in [-0.25, -0.2) is 9.69 Å². The Balaban J connectivity index is 1.78. The lowest BCUT2D eigenvalue weighted by Crippen LogP contribution is -3.18. The van der Waals surface area contributed by atoms with Crippen molar-refractivity contribution in [2.75, 3.05) is 38.3 Å². The number of imide groups is 1. The van der Waals surface area contributed by atoms with E-state index < -0.39 is 5.97 Å². The maximum Gasteiger partial charge on any atom is 0.337 e. The molecule has 0 aliphatic carbocycles. The average molecular weight is 319 g/mol. The third-order valence-electron chi connectivity index (χ3n) is 4.32. The summed E-state index contributed by atoms with van der Waals surface area (Å²) in [6.45, 7) is 2.69. The van der Waals surface area contributed by atoms with Crippen LogP contribution in [0.15, 0.2) is 24.3 Å². The zero-order valence-corrected chi connectivity index (χ0v) is 12.9. The fourth-order valence-corrected chi connectivity index (χ4v) is 3.07. The molecule has 1 aromatic rings. The second kappa shape index (κ2) is 6.47. The number of ether oxygens (including phenoxy) is 2. The van der Waals surface area contributed by atoms with Gasteiger partial charge < -0.3 is 14.4 Å². The molecule has 7 heteroatoms. The monoisotopic (exact) mass is 319 g/mol. The first kappa shape index (κ1) is 15.6. The summed E-state index contributed by atoms with van der Waals surface area (Å²) >= 11 is 0. The lowest BCUT2D eigenvalue weighted by Gasteiger charge is -2.27. The van der Waals surface area contributed by atoms with Gasteiger partial charge in [0.2, 0.25) is 5.91 Å². The smallest absolute Gasteiger partial charge is 0.337 e. The van der Waals surface area contributed by atoms with Crippen LogP contribution in [-0.2, 0) is 19.1 Å². The molecule has 2 amide bonds. The maximum absolute atomic E-state index is 12.6. The number of rotatable bonds is 3. The minimum Gasteiger partial charge on any atom is -0.465 e. The Morgan fingerprint density at radius 3 is 2.48 bits per heavy atom. The Hall–Kier alpha value is -2.25. The highest BCUT2D eigenvalue weighted by atomic mass is 16.5. The van der Waals surface area contributed by atoms with Gasteiger partial charge in [-0.1, -0.05) is 0 Å². The van der Waals surface area contributed by atoms with Gasteiger partial charge in [0.1, 0.15) is 13.1 Å². The summed E-state index contributed by atoms with van der Waals surface area (Å²) in [4.78, 5) is 38.7. The lowest BCUT2D eigenvalue weighted by atomic mass is 10.2. The van der Waals surface area contributed by atoms with Gasteiger partial charge in [-0.3, -0.25) is 9.59 Å². The van der Waals surface area contributed by atoms with Crippen LogP contribution in [0.5, 0.6) is 0 Å². The molecule has 0 spiro atoms. The maximum atomic E-state index is 12.6. The van der Waals surface area contributed by atoms with Gasteiger partial charge in [0.25, 0.3) is 5.91 Å². The molecule has 1 aromatic carbocycles. The number of hydrogen-bond donors (Lipinski definition) is 1. The summed E-state index contributed by atoms with van der Waals surface area (Å²) < 4.78 is 9.94. The molecule has 23 heavy (non-hydrogen) atoms. The number of nitrogens with one attached hydrogen (secondary N) is 1. The fourth-order valence-electron chi connectivity index (χ4n) is 3.07. The van der Waals surface area contributed by atoms with Gasteiger partial charge in [-0.05, 0) is 24.3 Å². The standard InChI is InChI=1S/C16H18N2O5/c1-22-16(21)11-2-4-12(5-3-11)18-14(19)10-13(15(18)20)17-6-8-23-9-7-17/h2-5,13H,6-10H2,1H3/p+1/t13-/m1/s1. The zero-order valence-electron chi connectivity index (χ0n) is 12.9. The van der Waals surface area contributed by atoms with E-state index in [4.69, 9.17) is 4.74 Å². The van der Waals surface area contributed by atoms with Crippen molar-refractivity contribution in [3.63, 3.8) is 0 Å². The van der Waals surface area contributed by atoms with Crippen LogP contribution in [0.25, 0.3) is 0 Å². The third-order valence-corrected chi connectivity index (χ3v) is 4.32. The van der Waals surface area contributed by atoms with Crippen LogP contribution < -0.4 is 9.80 Å². The van der Waals surface area contributed by atoms with Crippen LogP contribution in [-0.4, -0.2) is 57.2 Å². The van der Waals surface area contributed by atoms with E-state index in [-0.39, 0.29) is 24.3 Å². The molecule has 122 valence electrons. The van der Waals surface area contributed by atoms with E-state index in [0.717, 1.165) is 18.0 Å². The molecule has 2 aliphatic rings. The molecule has 0 saturated carbocycles. The molecule has 7 nitrogen and oxygen atoms in total. The molecule has 1 N–H and O–H groups in total. The minimum atomic E-state index is -0.453. The van der Waals surface area contributed by atoms with Crippen LogP contribution in [0.1, 0.15) is 16.8 Å². The van der Waals surface area contributed by atoms with Crippen LogP contribution in [0.4, 0.5) is 5.69 Å². The summed E-state index contributed by atoms with van der Waals surface area (Å²) in [6.07, 6.45) is 0.215. The molecule has 2 heterocycles. The second-order valence-electron chi connectivity index (χ2n) is 5.63. The number of methoxy groups -OCH3 is 1. The lowest BCUT2D eigenvalue weighted by molar-refractivity contribution is -0.922. The number of anilines is 1. The van der Waals surface area contributed by atoms with E-state index >= 15 is 0 Å². The number of carbonyl (C=O) groups is 3. The topological polar surface area (TPSA) is 77.3 Å². The van der Waals surface area contributed by atoms with Crippen molar-refractivity contribution in [1.29, 1.82) is 0 Å². The van der Waals surface area contributed by atoms with E-state index in [1.807, 2.05) is 0 Å². The van der Waals surface area contributed by atoms with E-state index in [1.54, 1.807) is 24.3 Å². The number of hydrogen-bond acceptors (Lipinski definition) is 5. The van der Waals surface area contributed by atoms with E-state index in [1.165, 1.54) is 12.0 Å². The number of esters is 1. The van der Waals surface area contributed by atoms with E-state index in [2.05, 4.69) is 4.74 Å². The Labute approximate surface area is 133 Å². The predicted octanol–water partition coefficient (Wildman–Crippen LogP) is -0.980. The zero-order chi connectivity index (χ0) is 16.4. The van der Waals surface area contributed by atoms with Gasteiger partial charge in [-0.2, -0.15) is 0 Å². The van der Waals surface area contributed by atoms with E-state index in [0.29, 0.717) is 24.5 Å². The van der Waals surface area contributed by atoms with Crippen molar-refractivity contribution in [3.8, 4) is 0 Å². The molecule has 0 radical (unpaired) electrons. The van der Waals surface area contributed by atoms with E-state index in [9.17, 15) is 14.4 Å². The quantitative estimate of drug-likeness (QED) is 0.572. The van der Waals surface area contributed by atoms with Crippen molar-refractivity contribution in [3.05, 3.63) is 29.8 Å². The Bertz CT molecular complexity index is 622. The second-order valence-corrected chi connectivity index (χ2v) is 5.63. The van der Waals surface area contributed by atoms with Gasteiger partial charge in [0.05, 0.1) is 38.0 Å². The van der Waals surface area contributed by atoms with Crippen LogP contribution >= 0.6 is 0 Å². The molecule has 2 saturated heterocycles. The molecule has 2 aliphatic heterocycles. The highest BCUT2D eigenvalue weighted by Gasteiger charge is 2.46. The van der Waals surface area contributed by atoms with Crippen molar-refractivity contribution in [2.45, 2.75) is 12.5 Å². The normalized spacial score (nSPS) is 22.5. The minimum absolute atomic E-state index is 0.183. The van der Waals surface area contributed by atoms with Gasteiger partial charge in [0, 0.05) is 0 Å². The summed E-state index contributed by atoms with van der Waals surface area (Å²) in [6, 6.07) is 5.96. The number of quaternary nitrogens is 1. The highest BCUT2D eigenvalue weighted by Crippen LogP contribution is 2.22. The van der Waals surface area contributed by atoms with Crippen molar-refractivity contribution in [2.24, 2.45) is 0 Å². The predicted molar refractivity (Wildman–Crippen MR) is 80.2 cm³/mol. The first-order valence-electron chi connectivity index (χ1n) is 7.59. The fraction of sp³-hybridized carbons (Fsp3) is 0.438. The third kappa shape index (κ3) is 2.97. The Morgan fingerprint density at radius 2 is 1.87 bits per heavy atom.